The third-order valence-electron chi connectivity index (χ3n) is 4.30. The van der Waals surface area contributed by atoms with Gasteiger partial charge in [0.2, 0.25) is 5.91 Å². The molecule has 6 nitrogen and oxygen atoms in total. The van der Waals surface area contributed by atoms with Gasteiger partial charge in [0.1, 0.15) is 11.5 Å². The maximum absolute atomic E-state index is 13.0. The van der Waals surface area contributed by atoms with Gasteiger partial charge in [-0.05, 0) is 43.2 Å². The van der Waals surface area contributed by atoms with Gasteiger partial charge in [0.05, 0.1) is 12.2 Å². The van der Waals surface area contributed by atoms with Crippen LogP contribution in [-0.2, 0) is 4.79 Å². The van der Waals surface area contributed by atoms with Crippen LogP contribution in [0.5, 0.6) is 0 Å². The highest BCUT2D eigenvalue weighted by Gasteiger charge is 2.29. The van der Waals surface area contributed by atoms with Crippen molar-refractivity contribution in [3.05, 3.63) is 41.8 Å². The molecule has 0 spiro atoms. The monoisotopic (exact) mass is 330 g/mol. The fourth-order valence-corrected chi connectivity index (χ4v) is 3.11. The predicted molar refractivity (Wildman–Crippen MR) is 86.5 cm³/mol. The number of H-pyrrole nitrogens is 1. The van der Waals surface area contributed by atoms with E-state index in [1.54, 1.807) is 18.2 Å². The molecule has 1 fully saturated rings. The lowest BCUT2D eigenvalue weighted by Gasteiger charge is -2.27. The molecular weight excluding hydrogens is 311 g/mol. The van der Waals surface area contributed by atoms with E-state index in [1.807, 2.05) is 0 Å². The average Bonchev–Trinajstić information content (AvgIpc) is 3.24. The van der Waals surface area contributed by atoms with Crippen LogP contribution in [-0.4, -0.2) is 39.5 Å². The quantitative estimate of drug-likeness (QED) is 0.879. The van der Waals surface area contributed by atoms with Gasteiger partial charge in [-0.15, -0.1) is 0 Å². The zero-order valence-electron chi connectivity index (χ0n) is 13.2. The zero-order valence-corrected chi connectivity index (χ0v) is 13.2. The Morgan fingerprint density at radius 2 is 1.92 bits per heavy atom. The fourth-order valence-electron chi connectivity index (χ4n) is 3.11. The summed E-state index contributed by atoms with van der Waals surface area (Å²) in [5, 5.41) is 6.82. The number of carbonyl (C=O) groups is 2. The van der Waals surface area contributed by atoms with Crippen molar-refractivity contribution in [2.24, 2.45) is 5.73 Å². The summed E-state index contributed by atoms with van der Waals surface area (Å²) in [6.07, 6.45) is 3.82. The molecule has 0 radical (unpaired) electrons. The molecule has 1 heterocycles. The molecule has 2 aromatic rings. The molecule has 7 heteroatoms. The van der Waals surface area contributed by atoms with Crippen LogP contribution < -0.4 is 5.73 Å². The summed E-state index contributed by atoms with van der Waals surface area (Å²) >= 11 is 0. The predicted octanol–water partition coefficient (Wildman–Crippen LogP) is 2.09. The van der Waals surface area contributed by atoms with Crippen molar-refractivity contribution in [2.75, 3.05) is 6.54 Å². The Bertz CT molecular complexity index is 735. The molecule has 3 N–H and O–H groups in total. The van der Waals surface area contributed by atoms with Crippen LogP contribution in [0.4, 0.5) is 4.39 Å². The fraction of sp³-hybridized carbons (Fsp3) is 0.353. The highest BCUT2D eigenvalue weighted by Crippen LogP contribution is 2.25. The van der Waals surface area contributed by atoms with E-state index in [4.69, 9.17) is 5.73 Å². The Morgan fingerprint density at radius 1 is 1.25 bits per heavy atom. The van der Waals surface area contributed by atoms with Crippen LogP contribution in [0.3, 0.4) is 0 Å². The second-order valence-corrected chi connectivity index (χ2v) is 6.01. The number of nitrogens with two attached hydrogens (primary N) is 1. The molecule has 0 saturated heterocycles. The number of aromatic nitrogens is 2. The van der Waals surface area contributed by atoms with Gasteiger partial charge in [-0.1, -0.05) is 12.8 Å². The summed E-state index contributed by atoms with van der Waals surface area (Å²) in [6, 6.07) is 7.50. The molecule has 0 bridgehead atoms. The molecule has 1 aromatic carbocycles. The van der Waals surface area contributed by atoms with E-state index in [0.717, 1.165) is 25.7 Å². The Balaban J connectivity index is 1.82. The number of benzene rings is 1. The molecule has 1 saturated carbocycles. The number of hydrogen-bond acceptors (Lipinski definition) is 3. The topological polar surface area (TPSA) is 92.1 Å². The van der Waals surface area contributed by atoms with E-state index < -0.39 is 5.91 Å². The minimum atomic E-state index is -0.534. The van der Waals surface area contributed by atoms with Crippen molar-refractivity contribution >= 4 is 11.8 Å². The van der Waals surface area contributed by atoms with Gasteiger partial charge in [-0.25, -0.2) is 4.39 Å². The molecule has 1 aliphatic carbocycles. The second kappa shape index (κ2) is 6.82. The summed E-state index contributed by atoms with van der Waals surface area (Å²) < 4.78 is 13.0. The van der Waals surface area contributed by atoms with E-state index in [9.17, 15) is 14.0 Å². The van der Waals surface area contributed by atoms with E-state index in [2.05, 4.69) is 10.2 Å². The Kier molecular flexibility index (Phi) is 4.59. The van der Waals surface area contributed by atoms with Crippen LogP contribution >= 0.6 is 0 Å². The lowest BCUT2D eigenvalue weighted by atomic mass is 10.1. The Hall–Kier alpha value is -2.70. The van der Waals surface area contributed by atoms with Gasteiger partial charge in [-0.3, -0.25) is 14.7 Å². The SMILES string of the molecule is NC(=O)CN(C(=O)c1cc(-c2ccc(F)cc2)n[nH]1)C1CCCC1. The first-order valence-corrected chi connectivity index (χ1v) is 7.95. The number of halogens is 1. The molecule has 0 aliphatic heterocycles. The van der Waals surface area contributed by atoms with E-state index in [0.29, 0.717) is 17.0 Å². The molecule has 126 valence electrons. The van der Waals surface area contributed by atoms with Crippen LogP contribution in [0.1, 0.15) is 36.2 Å². The van der Waals surface area contributed by atoms with Crippen LogP contribution in [0, 0.1) is 5.82 Å². The van der Waals surface area contributed by atoms with Crippen molar-refractivity contribution in [3.63, 3.8) is 0 Å². The van der Waals surface area contributed by atoms with Gasteiger partial charge in [-0.2, -0.15) is 5.10 Å². The average molecular weight is 330 g/mol. The van der Waals surface area contributed by atoms with Gasteiger partial charge >= 0.3 is 0 Å². The lowest BCUT2D eigenvalue weighted by Crippen LogP contribution is -2.44. The minimum Gasteiger partial charge on any atom is -0.368 e. The van der Waals surface area contributed by atoms with Crippen LogP contribution in [0.2, 0.25) is 0 Å². The van der Waals surface area contributed by atoms with Crippen molar-refractivity contribution < 1.29 is 14.0 Å². The molecule has 1 aromatic heterocycles. The highest BCUT2D eigenvalue weighted by atomic mass is 19.1. The largest absolute Gasteiger partial charge is 0.368 e. The number of primary amides is 1. The van der Waals surface area contributed by atoms with Gasteiger partial charge in [0, 0.05) is 11.6 Å². The van der Waals surface area contributed by atoms with E-state index >= 15 is 0 Å². The number of aromatic amines is 1. The van der Waals surface area contributed by atoms with Crippen molar-refractivity contribution in [1.82, 2.24) is 15.1 Å². The first-order valence-electron chi connectivity index (χ1n) is 7.95. The molecule has 1 aliphatic rings. The lowest BCUT2D eigenvalue weighted by molar-refractivity contribution is -0.119. The number of nitrogens with zero attached hydrogens (tertiary/aromatic N) is 2. The molecule has 0 unspecified atom stereocenters. The normalized spacial score (nSPS) is 14.7. The summed E-state index contributed by atoms with van der Waals surface area (Å²) in [5.41, 5.74) is 6.84. The number of rotatable bonds is 5. The number of amides is 2. The zero-order chi connectivity index (χ0) is 17.1. The molecule has 24 heavy (non-hydrogen) atoms. The van der Waals surface area contributed by atoms with Crippen molar-refractivity contribution in [1.29, 1.82) is 0 Å². The Labute approximate surface area is 138 Å². The van der Waals surface area contributed by atoms with E-state index in [-0.39, 0.29) is 24.3 Å². The second-order valence-electron chi connectivity index (χ2n) is 6.01. The third kappa shape index (κ3) is 3.45. The number of nitrogens with one attached hydrogen (secondary N) is 1. The van der Waals surface area contributed by atoms with Crippen molar-refractivity contribution in [3.8, 4) is 11.3 Å². The smallest absolute Gasteiger partial charge is 0.272 e. The number of hydrogen-bond donors (Lipinski definition) is 2. The first-order chi connectivity index (χ1) is 11.5. The summed E-state index contributed by atoms with van der Waals surface area (Å²) in [6.45, 7) is -0.103. The molecule has 3 rings (SSSR count). The highest BCUT2D eigenvalue weighted by molar-refractivity contribution is 5.95. The standard InChI is InChI=1S/C17H19FN4O2/c18-12-7-5-11(6-8-12)14-9-15(21-20-14)17(24)22(10-16(19)23)13-3-1-2-4-13/h5-9,13H,1-4,10H2,(H2,19,23)(H,20,21). The molecule has 0 atom stereocenters. The van der Waals surface area contributed by atoms with Crippen molar-refractivity contribution in [2.45, 2.75) is 31.7 Å². The Morgan fingerprint density at radius 3 is 2.54 bits per heavy atom. The minimum absolute atomic E-state index is 0.0302. The molecular formula is C17H19FN4O2. The van der Waals surface area contributed by atoms with Crippen LogP contribution in [0.25, 0.3) is 11.3 Å². The summed E-state index contributed by atoms with van der Waals surface area (Å²) in [4.78, 5) is 25.6. The van der Waals surface area contributed by atoms with Crippen LogP contribution in [0.15, 0.2) is 30.3 Å². The van der Waals surface area contributed by atoms with Gasteiger partial charge in [0.25, 0.3) is 5.91 Å². The van der Waals surface area contributed by atoms with E-state index in [1.165, 1.54) is 17.0 Å². The number of carbonyl (C=O) groups excluding carboxylic acids is 2. The first kappa shape index (κ1) is 16.2. The maximum atomic E-state index is 13.0. The maximum Gasteiger partial charge on any atom is 0.272 e. The van der Waals surface area contributed by atoms with Gasteiger partial charge in [0.15, 0.2) is 0 Å². The summed E-state index contributed by atoms with van der Waals surface area (Å²) in [5.74, 6) is -1.16. The summed E-state index contributed by atoms with van der Waals surface area (Å²) in [7, 11) is 0. The molecule has 2 amide bonds. The third-order valence-corrected chi connectivity index (χ3v) is 4.30. The van der Waals surface area contributed by atoms with Gasteiger partial charge < -0.3 is 10.6 Å².